The average Bonchev–Trinajstić information content (AvgIpc) is 3.40. The minimum Gasteiger partial charge on any atom is -0.481 e. The average molecular weight is 377 g/mol. The van der Waals surface area contributed by atoms with Crippen molar-refractivity contribution in [1.29, 1.82) is 0 Å². The Balaban J connectivity index is 1.69. The minimum absolute atomic E-state index is 0.679. The topological polar surface area (TPSA) is 78.0 Å². The summed E-state index contributed by atoms with van der Waals surface area (Å²) in [4.78, 5) is 8.84. The Morgan fingerprint density at radius 1 is 1.19 bits per heavy atom. The molecule has 0 saturated carbocycles. The van der Waals surface area contributed by atoms with Gasteiger partial charge in [0, 0.05) is 47.4 Å². The number of aromatic nitrogens is 4. The fourth-order valence-corrected chi connectivity index (χ4v) is 4.13. The molecule has 5 heterocycles. The van der Waals surface area contributed by atoms with Gasteiger partial charge in [0.25, 0.3) is 0 Å². The van der Waals surface area contributed by atoms with Crippen LogP contribution >= 0.6 is 11.3 Å². The lowest BCUT2D eigenvalue weighted by Gasteiger charge is -2.09. The van der Waals surface area contributed by atoms with Gasteiger partial charge in [-0.1, -0.05) is 0 Å². The van der Waals surface area contributed by atoms with E-state index in [1.54, 1.807) is 41.8 Å². The van der Waals surface area contributed by atoms with Gasteiger partial charge in [0.15, 0.2) is 11.4 Å². The van der Waals surface area contributed by atoms with E-state index < -0.39 is 0 Å². The van der Waals surface area contributed by atoms with Crippen LogP contribution in [0.15, 0.2) is 53.0 Å². The normalized spacial score (nSPS) is 11.3. The van der Waals surface area contributed by atoms with Crippen molar-refractivity contribution in [3.8, 4) is 17.0 Å². The van der Waals surface area contributed by atoms with Gasteiger partial charge in [0.05, 0.1) is 35.5 Å². The fourth-order valence-electron chi connectivity index (χ4n) is 3.25. The molecular weight excluding hydrogens is 362 g/mol. The molecule has 0 saturated heterocycles. The number of rotatable bonds is 4. The highest BCUT2D eigenvalue weighted by molar-refractivity contribution is 7.17. The molecule has 5 aromatic heterocycles. The molecule has 0 aliphatic rings. The summed E-state index contributed by atoms with van der Waals surface area (Å²) in [7, 11) is 3.49. The molecule has 5 rings (SSSR count). The van der Waals surface area contributed by atoms with Crippen LogP contribution in [0.4, 0.5) is 11.5 Å². The number of ether oxygens (including phenoxy) is 1. The zero-order chi connectivity index (χ0) is 18.4. The Labute approximate surface area is 158 Å². The van der Waals surface area contributed by atoms with Gasteiger partial charge in [-0.25, -0.2) is 9.67 Å². The van der Waals surface area contributed by atoms with E-state index in [4.69, 9.17) is 9.15 Å². The SMILES string of the molecule is COc1c(-c2cncc3scc(Nc4nccc5ccoc45)c23)cnn1C. The Morgan fingerprint density at radius 3 is 3.00 bits per heavy atom. The summed E-state index contributed by atoms with van der Waals surface area (Å²) in [6, 6.07) is 3.84. The molecule has 0 amide bonds. The van der Waals surface area contributed by atoms with E-state index in [0.29, 0.717) is 11.7 Å². The number of nitrogens with zero attached hydrogens (tertiary/aromatic N) is 4. The van der Waals surface area contributed by atoms with E-state index >= 15 is 0 Å². The van der Waals surface area contributed by atoms with Crippen LogP contribution in [-0.4, -0.2) is 26.9 Å². The largest absolute Gasteiger partial charge is 0.481 e. The third kappa shape index (κ3) is 2.45. The second kappa shape index (κ2) is 6.10. The van der Waals surface area contributed by atoms with E-state index in [9.17, 15) is 0 Å². The van der Waals surface area contributed by atoms with Crippen molar-refractivity contribution >= 4 is 43.9 Å². The number of aryl methyl sites for hydroxylation is 1. The molecule has 0 aromatic carbocycles. The number of anilines is 2. The molecule has 27 heavy (non-hydrogen) atoms. The van der Waals surface area contributed by atoms with Crippen LogP contribution in [0.2, 0.25) is 0 Å². The minimum atomic E-state index is 0.679. The van der Waals surface area contributed by atoms with Crippen molar-refractivity contribution in [2.45, 2.75) is 0 Å². The van der Waals surface area contributed by atoms with Crippen molar-refractivity contribution in [3.05, 3.63) is 48.6 Å². The van der Waals surface area contributed by atoms with Crippen LogP contribution in [0.3, 0.4) is 0 Å². The summed E-state index contributed by atoms with van der Waals surface area (Å²) < 4.78 is 13.9. The molecule has 134 valence electrons. The van der Waals surface area contributed by atoms with Gasteiger partial charge in [-0.05, 0) is 12.1 Å². The van der Waals surface area contributed by atoms with E-state index in [-0.39, 0.29) is 0 Å². The second-order valence-electron chi connectivity index (χ2n) is 6.02. The van der Waals surface area contributed by atoms with Crippen LogP contribution in [0.1, 0.15) is 0 Å². The van der Waals surface area contributed by atoms with Gasteiger partial charge in [0.1, 0.15) is 0 Å². The van der Waals surface area contributed by atoms with Crippen molar-refractivity contribution in [2.75, 3.05) is 12.4 Å². The van der Waals surface area contributed by atoms with E-state index in [0.717, 1.165) is 37.9 Å². The first kappa shape index (κ1) is 15.8. The maximum absolute atomic E-state index is 5.60. The van der Waals surface area contributed by atoms with Crippen molar-refractivity contribution in [1.82, 2.24) is 19.7 Å². The van der Waals surface area contributed by atoms with Crippen molar-refractivity contribution in [3.63, 3.8) is 0 Å². The van der Waals surface area contributed by atoms with Crippen LogP contribution in [0, 0.1) is 0 Å². The standard InChI is InChI=1S/C19H15N5O2S/c1-24-19(25-2)13(8-22-24)12-7-20-9-15-16(12)14(10-27-15)23-18-17-11(3-5-21-18)4-6-26-17/h3-10H,1-2H3,(H,21,23). The summed E-state index contributed by atoms with van der Waals surface area (Å²) in [5, 5.41) is 11.9. The summed E-state index contributed by atoms with van der Waals surface area (Å²) in [6.45, 7) is 0. The van der Waals surface area contributed by atoms with Crippen molar-refractivity contribution < 1.29 is 9.15 Å². The highest BCUT2D eigenvalue weighted by Gasteiger charge is 2.18. The highest BCUT2D eigenvalue weighted by atomic mass is 32.1. The lowest BCUT2D eigenvalue weighted by Crippen LogP contribution is -1.96. The van der Waals surface area contributed by atoms with Gasteiger partial charge >= 0.3 is 0 Å². The third-order valence-electron chi connectivity index (χ3n) is 4.47. The molecule has 1 N–H and O–H groups in total. The van der Waals surface area contributed by atoms with Crippen LogP contribution in [-0.2, 0) is 7.05 Å². The number of methoxy groups -OCH3 is 1. The first-order valence-electron chi connectivity index (χ1n) is 8.27. The molecule has 8 heteroatoms. The number of pyridine rings is 2. The molecule has 5 aromatic rings. The van der Waals surface area contributed by atoms with Gasteiger partial charge in [-0.15, -0.1) is 11.3 Å². The highest BCUT2D eigenvalue weighted by Crippen LogP contribution is 2.41. The van der Waals surface area contributed by atoms with Gasteiger partial charge in [-0.2, -0.15) is 5.10 Å². The summed E-state index contributed by atoms with van der Waals surface area (Å²) in [5.74, 6) is 1.37. The molecule has 0 atom stereocenters. The summed E-state index contributed by atoms with van der Waals surface area (Å²) in [6.07, 6.45) is 8.92. The Bertz CT molecular complexity index is 1270. The zero-order valence-electron chi connectivity index (χ0n) is 14.6. The third-order valence-corrected chi connectivity index (χ3v) is 5.39. The lowest BCUT2D eigenvalue weighted by molar-refractivity contribution is 0.375. The predicted molar refractivity (Wildman–Crippen MR) is 106 cm³/mol. The van der Waals surface area contributed by atoms with Crippen molar-refractivity contribution in [2.24, 2.45) is 7.05 Å². The van der Waals surface area contributed by atoms with Gasteiger partial charge in [-0.3, -0.25) is 4.98 Å². The van der Waals surface area contributed by atoms with Gasteiger partial charge < -0.3 is 14.5 Å². The predicted octanol–water partition coefficient (Wildman–Crippen LogP) is 4.59. The first-order chi connectivity index (χ1) is 13.3. The maximum atomic E-state index is 5.60. The monoisotopic (exact) mass is 377 g/mol. The lowest BCUT2D eigenvalue weighted by atomic mass is 10.1. The molecule has 0 radical (unpaired) electrons. The second-order valence-corrected chi connectivity index (χ2v) is 6.94. The molecule has 0 bridgehead atoms. The van der Waals surface area contributed by atoms with E-state index in [1.165, 1.54) is 0 Å². The number of nitrogens with one attached hydrogen (secondary N) is 1. The number of fused-ring (bicyclic) bond motifs is 2. The Kier molecular flexibility index (Phi) is 3.58. The van der Waals surface area contributed by atoms with E-state index in [1.807, 2.05) is 31.6 Å². The molecular formula is C19H15N5O2S. The zero-order valence-corrected chi connectivity index (χ0v) is 15.4. The molecule has 0 fully saturated rings. The van der Waals surface area contributed by atoms with E-state index in [2.05, 4.69) is 25.8 Å². The number of furan rings is 1. The van der Waals surface area contributed by atoms with Gasteiger partial charge in [0.2, 0.25) is 5.88 Å². The molecule has 0 aliphatic heterocycles. The quantitative estimate of drug-likeness (QED) is 0.493. The number of hydrogen-bond acceptors (Lipinski definition) is 7. The summed E-state index contributed by atoms with van der Waals surface area (Å²) in [5.41, 5.74) is 3.51. The van der Waals surface area contributed by atoms with Crippen LogP contribution in [0.25, 0.3) is 32.2 Å². The Hall–Kier alpha value is -3.39. The number of thiophene rings is 1. The first-order valence-corrected chi connectivity index (χ1v) is 9.15. The fraction of sp³-hybridized carbons (Fsp3) is 0.105. The van der Waals surface area contributed by atoms with Crippen LogP contribution < -0.4 is 10.1 Å². The molecule has 0 aliphatic carbocycles. The molecule has 0 spiro atoms. The maximum Gasteiger partial charge on any atom is 0.219 e. The molecule has 0 unspecified atom stereocenters. The number of hydrogen-bond donors (Lipinski definition) is 1. The van der Waals surface area contributed by atoms with Crippen LogP contribution in [0.5, 0.6) is 5.88 Å². The molecule has 7 nitrogen and oxygen atoms in total. The summed E-state index contributed by atoms with van der Waals surface area (Å²) >= 11 is 1.62. The Morgan fingerprint density at radius 2 is 2.11 bits per heavy atom. The smallest absolute Gasteiger partial charge is 0.219 e.